The van der Waals surface area contributed by atoms with Crippen molar-refractivity contribution in [1.82, 2.24) is 98.1 Å². The molecule has 50 nitrogen and oxygen atoms in total. The molecule has 6 aromatic rings. The first kappa shape index (κ1) is 117. The molecule has 0 aliphatic carbocycles. The van der Waals surface area contributed by atoms with E-state index in [1.54, 1.807) is 91.4 Å². The summed E-state index contributed by atoms with van der Waals surface area (Å²) < 4.78 is 75.1. The number of carbonyl (C=O) groups is 10. The van der Waals surface area contributed by atoms with E-state index < -0.39 is 133 Å². The molecule has 15 unspecified atom stereocenters. The van der Waals surface area contributed by atoms with Gasteiger partial charge < -0.3 is 141 Å². The first-order valence-electron chi connectivity index (χ1n) is 48.6. The van der Waals surface area contributed by atoms with Gasteiger partial charge in [0.25, 0.3) is 17.7 Å². The number of rotatable bonds is 69. The third-order valence-electron chi connectivity index (χ3n) is 23.0. The predicted molar refractivity (Wildman–Crippen MR) is 521 cm³/mol. The lowest BCUT2D eigenvalue weighted by Crippen LogP contribution is -2.64. The van der Waals surface area contributed by atoms with Crippen LogP contribution in [0.15, 0.2) is 134 Å². The van der Waals surface area contributed by atoms with Crippen molar-refractivity contribution in [3.8, 4) is 51.0 Å². The van der Waals surface area contributed by atoms with Gasteiger partial charge in [-0.2, -0.15) is 0 Å². The van der Waals surface area contributed by atoms with Crippen LogP contribution in [-0.2, 0) is 110 Å². The summed E-state index contributed by atoms with van der Waals surface area (Å²) in [7, 11) is 0. The number of benzene rings is 3. The second-order valence-corrected chi connectivity index (χ2v) is 35.0. The summed E-state index contributed by atoms with van der Waals surface area (Å²) in [6.45, 7) is 13.9. The summed E-state index contributed by atoms with van der Waals surface area (Å²) in [6, 6.07) is 17.1. The monoisotopic (exact) mass is 2050 g/mol. The van der Waals surface area contributed by atoms with Gasteiger partial charge in [0.2, 0.25) is 41.4 Å². The minimum absolute atomic E-state index is 0.0451. The zero-order valence-corrected chi connectivity index (χ0v) is 82.4. The molecule has 10 amide bonds. The van der Waals surface area contributed by atoms with Gasteiger partial charge in [-0.15, -0.1) is 35.0 Å². The predicted octanol–water partition coefficient (Wildman–Crippen LogP) is 0.225. The van der Waals surface area contributed by atoms with Crippen molar-refractivity contribution >= 4 is 59.1 Å². The molecule has 3 fully saturated rings. The van der Waals surface area contributed by atoms with Crippen LogP contribution in [0.1, 0.15) is 117 Å². The van der Waals surface area contributed by atoms with Crippen LogP contribution in [0.3, 0.4) is 0 Å². The lowest BCUT2D eigenvalue weighted by atomic mass is 9.96. The third-order valence-corrected chi connectivity index (χ3v) is 23.0. The minimum Gasteiger partial charge on any atom is -0.484 e. The Hall–Kier alpha value is -12.9. The van der Waals surface area contributed by atoms with E-state index in [4.69, 9.17) is 62.4 Å². The number of ether oxygens (including phenoxy) is 12. The Morgan fingerprint density at radius 1 is 0.411 bits per heavy atom. The van der Waals surface area contributed by atoms with Crippen molar-refractivity contribution in [3.63, 3.8) is 0 Å². The summed E-state index contributed by atoms with van der Waals surface area (Å²) in [4.78, 5) is 131. The number of carbonyl (C=O) groups excluding carboxylic acids is 10. The van der Waals surface area contributed by atoms with E-state index in [1.807, 2.05) is 0 Å². The third kappa shape index (κ3) is 40.8. The quantitative estimate of drug-likeness (QED) is 0.00798. The van der Waals surface area contributed by atoms with Crippen LogP contribution in [0.2, 0.25) is 0 Å². The first-order chi connectivity index (χ1) is 70.5. The van der Waals surface area contributed by atoms with Gasteiger partial charge in [-0.3, -0.25) is 47.9 Å². The summed E-state index contributed by atoms with van der Waals surface area (Å²) in [5, 5.41) is 122. The highest BCUT2D eigenvalue weighted by Gasteiger charge is 2.49. The lowest BCUT2D eigenvalue weighted by Gasteiger charge is -2.42. The fourth-order valence-corrected chi connectivity index (χ4v) is 15.6. The SMILES string of the molecule is C=CCOC1OC(Cn2cc(-c3cccc(OCC(=O)NCCCNC(=O)CCOCC(COCCC(=O)NCCCNC(=O)COc4cccc(-c5cn(CC6OC(OCC=C)C(NC(C)=O)C(O)C6O)nn5)c4)(COCCC(=O)NCCCNC(=O)COc4cccc(-c5cn(CC6OC(OCC=C)C(NC(C)=O)C(O)C6O)nn5)c4)NC(=O)CCCCCCCCCCN=[N+]=[N-])c3)nn2)C(O)C(O)C1NC(C)=O. The number of amides is 10. The largest absolute Gasteiger partial charge is 0.484 e. The summed E-state index contributed by atoms with van der Waals surface area (Å²) in [5.41, 5.74) is 10.2. The molecule has 0 spiro atoms. The Bertz CT molecular complexity index is 4710. The fraction of sp³-hybridized carbons (Fsp3) is 0.583. The second kappa shape index (κ2) is 63.5. The van der Waals surface area contributed by atoms with Gasteiger partial charge in [-0.1, -0.05) is 114 Å². The molecule has 3 aliphatic heterocycles. The van der Waals surface area contributed by atoms with Crippen molar-refractivity contribution in [2.75, 3.05) is 125 Å². The average Bonchev–Trinajstić information content (AvgIpc) is 1.17. The van der Waals surface area contributed by atoms with E-state index in [0.717, 1.165) is 44.9 Å². The second-order valence-electron chi connectivity index (χ2n) is 35.0. The smallest absolute Gasteiger partial charge is 0.257 e. The Morgan fingerprint density at radius 3 is 1.01 bits per heavy atom. The standard InChI is InChI=1S/C96H138N22O28/c1-7-41-138-93-84(105-62(4)119)90(132)87(129)74(144-93)53-116-50-71(109-113-116)65-24-18-27-68(47-65)141-56-81(126)101-37-21-34-98-77(122)31-44-135-59-96(108-80(125)30-16-14-12-10-11-13-15-17-40-104-112-97,60-136-45-32-78(123)99-35-22-38-102-82(127)57-142-69-28-19-25-66(48-69)72-51-117(114-110-72)54-75-88(130)91(133)85(106-63(5)120)94(145-75)139-42-8-2)61-137-46-33-79(124)100-36-23-39-103-83(128)58-143-70-29-20-26-67(49-70)73-52-118(115-111-73)55-76-89(131)92(134)86(107-64(6)121)95(146-76)140-43-9-3/h7-9,18-20,24-29,47-52,74-76,84-95,129-134H,1-3,10-17,21-23,30-46,53-61H2,4-6H3,(H,98,122)(H,99,123)(H,100,124)(H,101,126)(H,102,127)(H,103,128)(H,105,119)(H,106,120)(H,107,121)(H,108,125). The molecule has 6 heterocycles. The van der Waals surface area contributed by atoms with E-state index in [9.17, 15) is 78.6 Å². The van der Waals surface area contributed by atoms with Crippen molar-refractivity contribution in [1.29, 1.82) is 0 Å². The van der Waals surface area contributed by atoms with E-state index in [1.165, 1.54) is 53.0 Å². The average molecular weight is 2050 g/mol. The van der Waals surface area contributed by atoms with Crippen LogP contribution >= 0.6 is 0 Å². The summed E-state index contributed by atoms with van der Waals surface area (Å²) >= 11 is 0. The Labute approximate surface area is 844 Å². The molecular formula is C96H138N22O28. The molecule has 3 aliphatic rings. The van der Waals surface area contributed by atoms with Crippen LogP contribution in [0.5, 0.6) is 17.2 Å². The number of aliphatic hydroxyl groups is 6. The Morgan fingerprint density at radius 2 is 0.712 bits per heavy atom. The van der Waals surface area contributed by atoms with E-state index in [0.29, 0.717) is 83.2 Å². The van der Waals surface area contributed by atoms with Gasteiger partial charge in [0.1, 0.15) is 113 Å². The highest BCUT2D eigenvalue weighted by molar-refractivity contribution is 5.80. The normalized spacial score (nSPS) is 21.0. The van der Waals surface area contributed by atoms with E-state index >= 15 is 0 Å². The topological polar surface area (TPSA) is 664 Å². The fourth-order valence-electron chi connectivity index (χ4n) is 15.6. The van der Waals surface area contributed by atoms with Crippen molar-refractivity contribution < 1.29 is 135 Å². The number of nitrogens with one attached hydrogen (secondary N) is 10. The molecule has 3 saturated heterocycles. The highest BCUT2D eigenvalue weighted by atomic mass is 16.7. The molecule has 9 rings (SSSR count). The van der Waals surface area contributed by atoms with Crippen LogP contribution in [0, 0.1) is 0 Å². The van der Waals surface area contributed by atoms with E-state index in [-0.39, 0.29) is 187 Å². The van der Waals surface area contributed by atoms with Crippen LogP contribution in [0.4, 0.5) is 0 Å². The molecule has 800 valence electrons. The van der Waals surface area contributed by atoms with Gasteiger partial charge >= 0.3 is 0 Å². The number of aliphatic hydroxyl groups excluding tert-OH is 6. The molecule has 3 aromatic carbocycles. The maximum Gasteiger partial charge on any atom is 0.257 e. The number of hydrogen-bond acceptors (Lipinski definition) is 35. The molecular weight excluding hydrogens is 1910 g/mol. The molecule has 0 saturated carbocycles. The molecule has 3 aromatic heterocycles. The van der Waals surface area contributed by atoms with Gasteiger partial charge in [-0.05, 0) is 74.0 Å². The molecule has 146 heavy (non-hydrogen) atoms. The minimum atomic E-state index is -1.45. The Balaban J connectivity index is 0.738. The number of aromatic nitrogens is 9. The maximum absolute atomic E-state index is 14.1. The van der Waals surface area contributed by atoms with Crippen LogP contribution in [-0.4, -0.2) is 357 Å². The number of unbranched alkanes of at least 4 members (excludes halogenated alkanes) is 7. The highest BCUT2D eigenvalue weighted by Crippen LogP contribution is 2.31. The Kier molecular flexibility index (Phi) is 50.7. The summed E-state index contributed by atoms with van der Waals surface area (Å²) in [6.07, 6.45) is 1.77. The zero-order valence-electron chi connectivity index (χ0n) is 82.4. The molecule has 0 radical (unpaired) electrons. The molecule has 16 N–H and O–H groups in total. The number of azide groups is 1. The molecule has 0 bridgehead atoms. The summed E-state index contributed by atoms with van der Waals surface area (Å²) in [5.74, 6) is -3.20. The molecule has 50 heteroatoms. The van der Waals surface area contributed by atoms with Crippen LogP contribution < -0.4 is 67.4 Å². The van der Waals surface area contributed by atoms with E-state index in [2.05, 4.69) is 114 Å². The molecule has 15 atom stereocenters. The van der Waals surface area contributed by atoms with Crippen molar-refractivity contribution in [3.05, 3.63) is 140 Å². The lowest BCUT2D eigenvalue weighted by molar-refractivity contribution is -0.264. The van der Waals surface area contributed by atoms with Crippen molar-refractivity contribution in [2.45, 2.75) is 234 Å². The van der Waals surface area contributed by atoms with Crippen LogP contribution in [0.25, 0.3) is 44.2 Å². The number of hydrogen-bond donors (Lipinski definition) is 16. The van der Waals surface area contributed by atoms with Gasteiger partial charge in [0, 0.05) is 114 Å². The zero-order chi connectivity index (χ0) is 105. The maximum atomic E-state index is 14.1. The van der Waals surface area contributed by atoms with Gasteiger partial charge in [-0.25, -0.2) is 14.0 Å². The van der Waals surface area contributed by atoms with Gasteiger partial charge in [0.15, 0.2) is 38.7 Å². The number of nitrogens with zero attached hydrogens (tertiary/aromatic N) is 12. The van der Waals surface area contributed by atoms with Gasteiger partial charge in [0.05, 0.1) is 97.7 Å². The van der Waals surface area contributed by atoms with Crippen molar-refractivity contribution in [2.24, 2.45) is 5.11 Å². The first-order valence-corrected chi connectivity index (χ1v) is 48.6.